The molecule has 1 aliphatic rings. The number of rotatable bonds is 5. The van der Waals surface area contributed by atoms with E-state index in [0.717, 1.165) is 5.56 Å². The average molecular weight is 416 g/mol. The van der Waals surface area contributed by atoms with Crippen LogP contribution in [0.1, 0.15) is 25.9 Å². The summed E-state index contributed by atoms with van der Waals surface area (Å²) in [5, 5.41) is 3.57. The summed E-state index contributed by atoms with van der Waals surface area (Å²) in [4.78, 5) is 17.6. The van der Waals surface area contributed by atoms with Gasteiger partial charge in [-0.2, -0.15) is 0 Å². The van der Waals surface area contributed by atoms with Crippen LogP contribution in [0.25, 0.3) is 0 Å². The average Bonchev–Trinajstić information content (AvgIpc) is 3.08. The summed E-state index contributed by atoms with van der Waals surface area (Å²) < 4.78 is 37.6. The van der Waals surface area contributed by atoms with E-state index in [2.05, 4.69) is 10.3 Å². The molecular formula is C21H18F2N2O3S. The van der Waals surface area contributed by atoms with E-state index in [0.29, 0.717) is 40.1 Å². The van der Waals surface area contributed by atoms with Gasteiger partial charge in [-0.15, -0.1) is 11.3 Å². The minimum Gasteiger partial charge on any atom is -0.491 e. The third-order valence-electron chi connectivity index (χ3n) is 4.49. The molecule has 2 aromatic carbocycles. The van der Waals surface area contributed by atoms with Crippen molar-refractivity contribution in [3.05, 3.63) is 75.2 Å². The molecule has 8 heteroatoms. The molecule has 3 aromatic rings. The molecule has 0 fully saturated rings. The number of carbonyl (C=O) groups is 1. The fourth-order valence-corrected chi connectivity index (χ4v) is 3.99. The summed E-state index contributed by atoms with van der Waals surface area (Å²) in [5.41, 5.74) is 1.34. The molecule has 2 heterocycles. The minimum atomic E-state index is -0.335. The number of aromatic nitrogens is 1. The van der Waals surface area contributed by atoms with Gasteiger partial charge in [0, 0.05) is 0 Å². The van der Waals surface area contributed by atoms with Crippen LogP contribution < -0.4 is 14.8 Å². The first-order chi connectivity index (χ1) is 14.0. The maximum absolute atomic E-state index is 13.4. The Labute approximate surface area is 170 Å². The number of ether oxygens (including phenoxy) is 2. The SMILES string of the molecule is Cc1nc(COc2ccc(F)cc2)sc1C(=O)NC1COc2ccc(F)cc2C1. The number of carbonyl (C=O) groups excluding carboxylic acids is 1. The molecular weight excluding hydrogens is 398 g/mol. The van der Waals surface area contributed by atoms with Gasteiger partial charge in [-0.05, 0) is 61.4 Å². The second-order valence-electron chi connectivity index (χ2n) is 6.70. The van der Waals surface area contributed by atoms with E-state index in [4.69, 9.17) is 9.47 Å². The molecule has 1 aromatic heterocycles. The zero-order valence-corrected chi connectivity index (χ0v) is 16.4. The van der Waals surface area contributed by atoms with Crippen molar-refractivity contribution in [2.24, 2.45) is 0 Å². The van der Waals surface area contributed by atoms with Crippen molar-refractivity contribution in [1.82, 2.24) is 10.3 Å². The largest absolute Gasteiger partial charge is 0.491 e. The second-order valence-corrected chi connectivity index (χ2v) is 7.79. The van der Waals surface area contributed by atoms with Crippen LogP contribution in [0, 0.1) is 18.6 Å². The zero-order valence-electron chi connectivity index (χ0n) is 15.6. The maximum atomic E-state index is 13.4. The molecule has 0 aliphatic carbocycles. The lowest BCUT2D eigenvalue weighted by Gasteiger charge is -2.26. The van der Waals surface area contributed by atoms with Gasteiger partial charge in [0.25, 0.3) is 5.91 Å². The fourth-order valence-electron chi connectivity index (χ4n) is 3.11. The Bertz CT molecular complexity index is 1040. The van der Waals surface area contributed by atoms with Crippen LogP contribution >= 0.6 is 11.3 Å². The van der Waals surface area contributed by atoms with E-state index < -0.39 is 0 Å². The van der Waals surface area contributed by atoms with Gasteiger partial charge in [-0.25, -0.2) is 13.8 Å². The molecule has 1 atom stereocenters. The summed E-state index contributed by atoms with van der Waals surface area (Å²) in [5.74, 6) is 0.255. The van der Waals surface area contributed by atoms with Crippen molar-refractivity contribution < 1.29 is 23.0 Å². The number of nitrogens with zero attached hydrogens (tertiary/aromatic N) is 1. The Hall–Kier alpha value is -3.00. The number of fused-ring (bicyclic) bond motifs is 1. The highest BCUT2D eigenvalue weighted by molar-refractivity contribution is 7.13. The molecule has 0 spiro atoms. The monoisotopic (exact) mass is 416 g/mol. The second kappa shape index (κ2) is 8.16. The molecule has 1 amide bonds. The van der Waals surface area contributed by atoms with E-state index in [1.165, 1.54) is 47.7 Å². The van der Waals surface area contributed by atoms with Crippen LogP contribution in [0.15, 0.2) is 42.5 Å². The molecule has 0 saturated heterocycles. The fraction of sp³-hybridized carbons (Fsp3) is 0.238. The number of hydrogen-bond donors (Lipinski definition) is 1. The number of hydrogen-bond acceptors (Lipinski definition) is 5. The zero-order chi connectivity index (χ0) is 20.4. The van der Waals surface area contributed by atoms with Crippen LogP contribution in [-0.2, 0) is 13.0 Å². The van der Waals surface area contributed by atoms with Crippen molar-refractivity contribution in [3.8, 4) is 11.5 Å². The summed E-state index contributed by atoms with van der Waals surface area (Å²) in [7, 11) is 0. The number of halogens is 2. The normalized spacial score (nSPS) is 15.3. The van der Waals surface area contributed by atoms with Crippen molar-refractivity contribution in [2.75, 3.05) is 6.61 Å². The van der Waals surface area contributed by atoms with Crippen molar-refractivity contribution in [2.45, 2.75) is 26.0 Å². The first-order valence-electron chi connectivity index (χ1n) is 9.04. The van der Waals surface area contributed by atoms with E-state index in [9.17, 15) is 13.6 Å². The lowest BCUT2D eigenvalue weighted by atomic mass is 10.0. The van der Waals surface area contributed by atoms with Gasteiger partial charge in [-0.1, -0.05) is 0 Å². The van der Waals surface area contributed by atoms with E-state index in [-0.39, 0.29) is 30.2 Å². The highest BCUT2D eigenvalue weighted by Gasteiger charge is 2.24. The third-order valence-corrected chi connectivity index (χ3v) is 5.62. The Kier molecular flexibility index (Phi) is 5.44. The lowest BCUT2D eigenvalue weighted by molar-refractivity contribution is 0.0918. The van der Waals surface area contributed by atoms with Gasteiger partial charge in [0.2, 0.25) is 0 Å². The third kappa shape index (κ3) is 4.54. The molecule has 1 N–H and O–H groups in total. The molecule has 0 radical (unpaired) electrons. The summed E-state index contributed by atoms with van der Waals surface area (Å²) in [6.45, 7) is 2.27. The van der Waals surface area contributed by atoms with Crippen LogP contribution in [0.5, 0.6) is 11.5 Å². The van der Waals surface area contributed by atoms with Crippen LogP contribution in [0.4, 0.5) is 8.78 Å². The molecule has 0 saturated carbocycles. The van der Waals surface area contributed by atoms with Crippen LogP contribution in [0.2, 0.25) is 0 Å². The van der Waals surface area contributed by atoms with Gasteiger partial charge in [0.05, 0.1) is 11.7 Å². The predicted octanol–water partition coefficient (Wildman–Crippen LogP) is 4.04. The quantitative estimate of drug-likeness (QED) is 0.682. The van der Waals surface area contributed by atoms with E-state index in [1.54, 1.807) is 13.0 Å². The smallest absolute Gasteiger partial charge is 0.263 e. The first kappa shape index (κ1) is 19.3. The summed E-state index contributed by atoms with van der Waals surface area (Å²) >= 11 is 1.24. The summed E-state index contributed by atoms with van der Waals surface area (Å²) in [6.07, 6.45) is 0.497. The molecule has 29 heavy (non-hydrogen) atoms. The molecule has 4 rings (SSSR count). The van der Waals surface area contributed by atoms with Crippen molar-refractivity contribution >= 4 is 17.2 Å². The van der Waals surface area contributed by atoms with Crippen molar-refractivity contribution in [3.63, 3.8) is 0 Å². The molecule has 5 nitrogen and oxygen atoms in total. The first-order valence-corrected chi connectivity index (χ1v) is 9.86. The molecule has 0 bridgehead atoms. The number of thiazole rings is 1. The minimum absolute atomic E-state index is 0.184. The van der Waals surface area contributed by atoms with Crippen LogP contribution in [0.3, 0.4) is 0 Å². The maximum Gasteiger partial charge on any atom is 0.263 e. The summed E-state index contributed by atoms with van der Waals surface area (Å²) in [6, 6.07) is 9.83. The Morgan fingerprint density at radius 3 is 2.79 bits per heavy atom. The topological polar surface area (TPSA) is 60.5 Å². The van der Waals surface area contributed by atoms with Gasteiger partial charge >= 0.3 is 0 Å². The molecule has 1 unspecified atom stereocenters. The van der Waals surface area contributed by atoms with Gasteiger partial charge in [0.1, 0.15) is 46.2 Å². The number of aryl methyl sites for hydroxylation is 1. The number of nitrogens with one attached hydrogen (secondary N) is 1. The lowest BCUT2D eigenvalue weighted by Crippen LogP contribution is -2.42. The molecule has 1 aliphatic heterocycles. The van der Waals surface area contributed by atoms with Crippen molar-refractivity contribution in [1.29, 1.82) is 0 Å². The Balaban J connectivity index is 1.38. The number of benzene rings is 2. The van der Waals surface area contributed by atoms with Gasteiger partial charge in [-0.3, -0.25) is 4.79 Å². The van der Waals surface area contributed by atoms with Crippen LogP contribution in [-0.4, -0.2) is 23.5 Å². The molecule has 150 valence electrons. The Morgan fingerprint density at radius 1 is 1.24 bits per heavy atom. The highest BCUT2D eigenvalue weighted by atomic mass is 32.1. The predicted molar refractivity (Wildman–Crippen MR) is 104 cm³/mol. The van der Waals surface area contributed by atoms with E-state index >= 15 is 0 Å². The Morgan fingerprint density at radius 2 is 2.00 bits per heavy atom. The van der Waals surface area contributed by atoms with Gasteiger partial charge in [0.15, 0.2) is 0 Å². The van der Waals surface area contributed by atoms with E-state index in [1.807, 2.05) is 0 Å². The number of amides is 1. The van der Waals surface area contributed by atoms with Gasteiger partial charge < -0.3 is 14.8 Å². The highest BCUT2D eigenvalue weighted by Crippen LogP contribution is 2.26. The standard InChI is InChI=1S/C21H18F2N2O3S/c1-12-20(29-19(24-12)11-27-17-5-2-14(22)3-6-17)21(26)25-16-9-13-8-15(23)4-7-18(13)28-10-16/h2-8,16H,9-11H2,1H3,(H,25,26).